The normalized spacial score (nSPS) is 20.8. The first-order valence-electron chi connectivity index (χ1n) is 9.99. The molecule has 2 aliphatic rings. The van der Waals surface area contributed by atoms with Crippen molar-refractivity contribution in [1.29, 1.82) is 0 Å². The lowest BCUT2D eigenvalue weighted by atomic mass is 10.1. The number of ether oxygens (including phenoxy) is 3. The number of methoxy groups -OCH3 is 1. The van der Waals surface area contributed by atoms with Crippen LogP contribution in [0.4, 0.5) is 5.82 Å². The fraction of sp³-hybridized carbons (Fsp3) is 0.476. The van der Waals surface area contributed by atoms with Gasteiger partial charge in [0.25, 0.3) is 0 Å². The standard InChI is InChI=1S/C21H25N5O3/c1-21(5-6-21)29-14-3-4-17-16(9-14)20(25-24-17)18-10-19(23-13-22-18)26-7-8-28-15(11-26)12-27-2/h3-4,9-10,13,15H,5-8,11-12H2,1-2H3,(H,24,25). The smallest absolute Gasteiger partial charge is 0.132 e. The molecular weight excluding hydrogens is 370 g/mol. The Bertz CT molecular complexity index is 1010. The first kappa shape index (κ1) is 18.3. The second kappa shape index (κ2) is 7.27. The molecule has 1 N–H and O–H groups in total. The number of anilines is 1. The van der Waals surface area contributed by atoms with Crippen molar-refractivity contribution in [3.05, 3.63) is 30.6 Å². The summed E-state index contributed by atoms with van der Waals surface area (Å²) < 4.78 is 17.1. The number of nitrogens with one attached hydrogen (secondary N) is 1. The first-order valence-corrected chi connectivity index (χ1v) is 9.99. The fourth-order valence-corrected chi connectivity index (χ4v) is 3.68. The third-order valence-electron chi connectivity index (χ3n) is 5.56. The maximum Gasteiger partial charge on any atom is 0.132 e. The lowest BCUT2D eigenvalue weighted by molar-refractivity contribution is -0.0102. The van der Waals surface area contributed by atoms with Crippen LogP contribution in [-0.2, 0) is 9.47 Å². The molecule has 1 saturated carbocycles. The number of rotatable bonds is 6. The van der Waals surface area contributed by atoms with Crippen LogP contribution in [0.5, 0.6) is 5.75 Å². The Morgan fingerprint density at radius 1 is 1.28 bits per heavy atom. The summed E-state index contributed by atoms with van der Waals surface area (Å²) >= 11 is 0. The summed E-state index contributed by atoms with van der Waals surface area (Å²) in [6.07, 6.45) is 3.84. The predicted octanol–water partition coefficient (Wildman–Crippen LogP) is 2.80. The van der Waals surface area contributed by atoms with E-state index in [2.05, 4.69) is 32.0 Å². The van der Waals surface area contributed by atoms with Gasteiger partial charge in [0.2, 0.25) is 0 Å². The van der Waals surface area contributed by atoms with Gasteiger partial charge in [-0.1, -0.05) is 0 Å². The van der Waals surface area contributed by atoms with Crippen molar-refractivity contribution in [3.8, 4) is 17.1 Å². The molecule has 8 nitrogen and oxygen atoms in total. The molecule has 3 aromatic rings. The highest BCUT2D eigenvalue weighted by Crippen LogP contribution is 2.40. The molecule has 0 spiro atoms. The third-order valence-corrected chi connectivity index (χ3v) is 5.56. The minimum Gasteiger partial charge on any atom is -0.488 e. The zero-order valence-corrected chi connectivity index (χ0v) is 16.7. The van der Waals surface area contributed by atoms with E-state index in [1.54, 1.807) is 13.4 Å². The van der Waals surface area contributed by atoms with E-state index in [-0.39, 0.29) is 11.7 Å². The molecule has 2 fully saturated rings. The van der Waals surface area contributed by atoms with Crippen molar-refractivity contribution < 1.29 is 14.2 Å². The number of fused-ring (bicyclic) bond motifs is 1. The van der Waals surface area contributed by atoms with E-state index in [0.29, 0.717) is 13.2 Å². The Morgan fingerprint density at radius 3 is 3.00 bits per heavy atom. The molecule has 1 saturated heterocycles. The van der Waals surface area contributed by atoms with Gasteiger partial charge in [0, 0.05) is 31.7 Å². The summed E-state index contributed by atoms with van der Waals surface area (Å²) in [6.45, 7) is 4.89. The summed E-state index contributed by atoms with van der Waals surface area (Å²) in [6, 6.07) is 8.03. The highest BCUT2D eigenvalue weighted by Gasteiger charge is 2.40. The van der Waals surface area contributed by atoms with Gasteiger partial charge in [-0.15, -0.1) is 0 Å². The molecule has 29 heavy (non-hydrogen) atoms. The summed E-state index contributed by atoms with van der Waals surface area (Å²) in [5, 5.41) is 8.61. The lowest BCUT2D eigenvalue weighted by Gasteiger charge is -2.33. The van der Waals surface area contributed by atoms with Crippen LogP contribution in [-0.4, -0.2) is 65.3 Å². The molecule has 1 aliphatic heterocycles. The number of aromatic nitrogens is 4. The summed E-state index contributed by atoms with van der Waals surface area (Å²) in [4.78, 5) is 11.2. The van der Waals surface area contributed by atoms with Crippen LogP contribution >= 0.6 is 0 Å². The van der Waals surface area contributed by atoms with Crippen molar-refractivity contribution in [3.63, 3.8) is 0 Å². The molecule has 0 radical (unpaired) electrons. The van der Waals surface area contributed by atoms with Gasteiger partial charge in [-0.25, -0.2) is 9.97 Å². The van der Waals surface area contributed by atoms with E-state index >= 15 is 0 Å². The van der Waals surface area contributed by atoms with Gasteiger partial charge in [-0.2, -0.15) is 5.10 Å². The van der Waals surface area contributed by atoms with Gasteiger partial charge >= 0.3 is 0 Å². The van der Waals surface area contributed by atoms with Gasteiger partial charge in [0.1, 0.15) is 29.2 Å². The zero-order chi connectivity index (χ0) is 19.8. The molecule has 5 rings (SSSR count). The average Bonchev–Trinajstić information content (AvgIpc) is 3.31. The molecule has 0 amide bonds. The van der Waals surface area contributed by atoms with Crippen LogP contribution in [0.15, 0.2) is 30.6 Å². The van der Waals surface area contributed by atoms with E-state index in [9.17, 15) is 0 Å². The van der Waals surface area contributed by atoms with E-state index < -0.39 is 0 Å². The van der Waals surface area contributed by atoms with E-state index in [1.165, 1.54) is 0 Å². The predicted molar refractivity (Wildman–Crippen MR) is 109 cm³/mol. The Balaban J connectivity index is 1.44. The second-order valence-electron chi connectivity index (χ2n) is 7.99. The number of hydrogen-bond donors (Lipinski definition) is 1. The molecule has 1 aliphatic carbocycles. The molecular formula is C21H25N5O3. The van der Waals surface area contributed by atoms with Crippen molar-refractivity contribution >= 4 is 16.7 Å². The molecule has 1 atom stereocenters. The number of H-pyrrole nitrogens is 1. The Morgan fingerprint density at radius 2 is 2.17 bits per heavy atom. The van der Waals surface area contributed by atoms with Crippen molar-refractivity contribution in [2.75, 3.05) is 38.3 Å². The highest BCUT2D eigenvalue weighted by molar-refractivity contribution is 5.93. The largest absolute Gasteiger partial charge is 0.488 e. The molecule has 2 aromatic heterocycles. The Hall–Kier alpha value is -2.71. The van der Waals surface area contributed by atoms with Crippen molar-refractivity contribution in [2.24, 2.45) is 0 Å². The number of benzene rings is 1. The SMILES string of the molecule is COCC1CN(c2cc(-c3n[nH]c4ccc(OC5(C)CC5)cc34)ncn2)CCO1. The molecule has 8 heteroatoms. The molecule has 1 aromatic carbocycles. The van der Waals surface area contributed by atoms with Crippen molar-refractivity contribution in [2.45, 2.75) is 31.5 Å². The maximum absolute atomic E-state index is 6.13. The minimum absolute atomic E-state index is 0.0191. The highest BCUT2D eigenvalue weighted by atomic mass is 16.5. The van der Waals surface area contributed by atoms with Crippen molar-refractivity contribution in [1.82, 2.24) is 20.2 Å². The van der Waals surface area contributed by atoms with Gasteiger partial charge in [0.15, 0.2) is 0 Å². The molecule has 152 valence electrons. The summed E-state index contributed by atoms with van der Waals surface area (Å²) in [7, 11) is 1.69. The van der Waals surface area contributed by atoms with Crippen LogP contribution in [0.25, 0.3) is 22.3 Å². The van der Waals surface area contributed by atoms with E-state index in [0.717, 1.165) is 59.8 Å². The summed E-state index contributed by atoms with van der Waals surface area (Å²) in [5.74, 6) is 1.73. The molecule has 0 bridgehead atoms. The monoisotopic (exact) mass is 395 g/mol. The molecule has 3 heterocycles. The van der Waals surface area contributed by atoms with Gasteiger partial charge in [-0.05, 0) is 38.0 Å². The number of nitrogens with zero attached hydrogens (tertiary/aromatic N) is 4. The van der Waals surface area contributed by atoms with Gasteiger partial charge < -0.3 is 19.1 Å². The van der Waals surface area contributed by atoms with Gasteiger partial charge in [-0.3, -0.25) is 5.10 Å². The Kier molecular flexibility index (Phi) is 4.60. The Labute approximate surface area is 169 Å². The van der Waals surface area contributed by atoms with Crippen LogP contribution in [0, 0.1) is 0 Å². The number of hydrogen-bond acceptors (Lipinski definition) is 7. The fourth-order valence-electron chi connectivity index (χ4n) is 3.68. The maximum atomic E-state index is 6.13. The summed E-state index contributed by atoms with van der Waals surface area (Å²) in [5.41, 5.74) is 2.52. The number of aromatic amines is 1. The quantitative estimate of drug-likeness (QED) is 0.687. The van der Waals surface area contributed by atoms with E-state index in [4.69, 9.17) is 14.2 Å². The third kappa shape index (κ3) is 3.77. The first-order chi connectivity index (χ1) is 14.1. The van der Waals surface area contributed by atoms with Crippen LogP contribution < -0.4 is 9.64 Å². The second-order valence-corrected chi connectivity index (χ2v) is 7.99. The van der Waals surface area contributed by atoms with Crippen LogP contribution in [0.2, 0.25) is 0 Å². The van der Waals surface area contributed by atoms with Gasteiger partial charge in [0.05, 0.1) is 30.5 Å². The van der Waals surface area contributed by atoms with E-state index in [1.807, 2.05) is 24.3 Å². The topological polar surface area (TPSA) is 85.4 Å². The lowest BCUT2D eigenvalue weighted by Crippen LogP contribution is -2.44. The average molecular weight is 395 g/mol. The number of morpholine rings is 1. The minimum atomic E-state index is -0.0191. The van der Waals surface area contributed by atoms with Crippen LogP contribution in [0.3, 0.4) is 0 Å². The molecule has 1 unspecified atom stereocenters. The zero-order valence-electron chi connectivity index (χ0n) is 16.7. The van der Waals surface area contributed by atoms with Crippen LogP contribution in [0.1, 0.15) is 19.8 Å².